The van der Waals surface area contributed by atoms with Crippen LogP contribution in [0, 0.1) is 0 Å². The fraction of sp³-hybridized carbons (Fsp3) is 0.333. The van der Waals surface area contributed by atoms with Crippen molar-refractivity contribution in [3.8, 4) is 10.6 Å². The third-order valence-electron chi connectivity index (χ3n) is 2.31. The predicted octanol–water partition coefficient (Wildman–Crippen LogP) is 2.29. The number of aromatic nitrogens is 2. The molecule has 0 radical (unpaired) electrons. The van der Waals surface area contributed by atoms with Crippen LogP contribution in [-0.4, -0.2) is 21.7 Å². The van der Waals surface area contributed by atoms with Crippen molar-refractivity contribution in [1.29, 1.82) is 0 Å². The van der Waals surface area contributed by atoms with Crippen LogP contribution in [0.15, 0.2) is 23.6 Å². The van der Waals surface area contributed by atoms with Crippen molar-refractivity contribution >= 4 is 17.2 Å². The fourth-order valence-corrected chi connectivity index (χ4v) is 2.24. The third-order valence-corrected chi connectivity index (χ3v) is 3.20. The Morgan fingerprint density at radius 1 is 1.53 bits per heavy atom. The van der Waals surface area contributed by atoms with Gasteiger partial charge in [-0.15, -0.1) is 11.3 Å². The summed E-state index contributed by atoms with van der Waals surface area (Å²) in [5.41, 5.74) is 1.43. The lowest BCUT2D eigenvalue weighted by Gasteiger charge is -2.07. The summed E-state index contributed by atoms with van der Waals surface area (Å²) in [4.78, 5) is 13.0. The van der Waals surface area contributed by atoms with Crippen LogP contribution in [-0.2, 0) is 7.05 Å². The van der Waals surface area contributed by atoms with Gasteiger partial charge in [0.25, 0.3) is 5.91 Å². The second kappa shape index (κ2) is 4.71. The zero-order chi connectivity index (χ0) is 12.4. The first-order valence-corrected chi connectivity index (χ1v) is 6.34. The molecule has 0 spiro atoms. The lowest BCUT2D eigenvalue weighted by molar-refractivity contribution is 0.0933. The van der Waals surface area contributed by atoms with E-state index in [1.165, 1.54) is 0 Å². The summed E-state index contributed by atoms with van der Waals surface area (Å²) < 4.78 is 1.62. The van der Waals surface area contributed by atoms with E-state index in [2.05, 4.69) is 10.4 Å². The summed E-state index contributed by atoms with van der Waals surface area (Å²) in [6.45, 7) is 3.88. The van der Waals surface area contributed by atoms with Gasteiger partial charge < -0.3 is 5.32 Å². The number of hydrogen-bond donors (Lipinski definition) is 1. The van der Waals surface area contributed by atoms with Gasteiger partial charge in [-0.3, -0.25) is 9.48 Å². The largest absolute Gasteiger partial charge is 0.349 e. The molecule has 90 valence electrons. The molecule has 1 N–H and O–H groups in total. The number of hydrogen-bond acceptors (Lipinski definition) is 3. The van der Waals surface area contributed by atoms with Crippen LogP contribution in [0.1, 0.15) is 24.3 Å². The quantitative estimate of drug-likeness (QED) is 0.907. The van der Waals surface area contributed by atoms with Gasteiger partial charge in [-0.05, 0) is 31.4 Å². The first-order valence-electron chi connectivity index (χ1n) is 5.46. The molecule has 0 fully saturated rings. The molecule has 0 aromatic carbocycles. The first kappa shape index (κ1) is 11.9. The molecule has 17 heavy (non-hydrogen) atoms. The molecule has 0 saturated heterocycles. The van der Waals surface area contributed by atoms with Crippen molar-refractivity contribution in [2.75, 3.05) is 0 Å². The Morgan fingerprint density at radius 2 is 2.29 bits per heavy atom. The van der Waals surface area contributed by atoms with E-state index in [4.69, 9.17) is 0 Å². The average molecular weight is 249 g/mol. The van der Waals surface area contributed by atoms with Crippen LogP contribution in [0.3, 0.4) is 0 Å². The van der Waals surface area contributed by atoms with Crippen LogP contribution in [0.5, 0.6) is 0 Å². The molecule has 0 atom stereocenters. The molecular formula is C12H15N3OS. The van der Waals surface area contributed by atoms with E-state index in [0.29, 0.717) is 5.69 Å². The Bertz CT molecular complexity index is 514. The highest BCUT2D eigenvalue weighted by Crippen LogP contribution is 2.23. The van der Waals surface area contributed by atoms with Gasteiger partial charge in [-0.1, -0.05) is 6.07 Å². The summed E-state index contributed by atoms with van der Waals surface area (Å²) in [5.74, 6) is -0.0854. The summed E-state index contributed by atoms with van der Waals surface area (Å²) in [6, 6.07) is 5.92. The highest BCUT2D eigenvalue weighted by Gasteiger charge is 2.15. The van der Waals surface area contributed by atoms with E-state index >= 15 is 0 Å². The summed E-state index contributed by atoms with van der Waals surface area (Å²) in [7, 11) is 1.78. The zero-order valence-electron chi connectivity index (χ0n) is 10.1. The molecule has 5 heteroatoms. The molecule has 0 saturated carbocycles. The lowest BCUT2D eigenvalue weighted by Crippen LogP contribution is -2.31. The number of nitrogens with zero attached hydrogens (tertiary/aromatic N) is 2. The Labute approximate surface area is 104 Å². The molecule has 4 nitrogen and oxygen atoms in total. The molecular weight excluding hydrogens is 234 g/mol. The van der Waals surface area contributed by atoms with Crippen LogP contribution >= 0.6 is 11.3 Å². The monoisotopic (exact) mass is 249 g/mol. The second-order valence-electron chi connectivity index (χ2n) is 4.14. The molecule has 2 heterocycles. The molecule has 0 bridgehead atoms. The van der Waals surface area contributed by atoms with Gasteiger partial charge in [0.15, 0.2) is 0 Å². The number of aryl methyl sites for hydroxylation is 1. The minimum absolute atomic E-state index is 0.0854. The van der Waals surface area contributed by atoms with Gasteiger partial charge in [0.1, 0.15) is 11.4 Å². The van der Waals surface area contributed by atoms with Crippen LogP contribution < -0.4 is 5.32 Å². The molecule has 0 unspecified atom stereocenters. The minimum atomic E-state index is -0.0854. The fourth-order valence-electron chi connectivity index (χ4n) is 1.56. The van der Waals surface area contributed by atoms with E-state index in [1.54, 1.807) is 23.1 Å². The molecule has 2 aromatic heterocycles. The van der Waals surface area contributed by atoms with E-state index in [1.807, 2.05) is 37.4 Å². The van der Waals surface area contributed by atoms with Gasteiger partial charge in [0.2, 0.25) is 0 Å². The van der Waals surface area contributed by atoms with Crippen LogP contribution in [0.4, 0.5) is 0 Å². The van der Waals surface area contributed by atoms with E-state index in [9.17, 15) is 4.79 Å². The number of carbonyl (C=O) groups excluding carboxylic acids is 1. The van der Waals surface area contributed by atoms with Gasteiger partial charge >= 0.3 is 0 Å². The van der Waals surface area contributed by atoms with Gasteiger partial charge in [0, 0.05) is 13.1 Å². The smallest absolute Gasteiger partial charge is 0.269 e. The summed E-state index contributed by atoms with van der Waals surface area (Å²) in [5, 5.41) is 9.21. The SMILES string of the molecule is CC(C)NC(=O)c1cc(-c2cccs2)nn1C. The Morgan fingerprint density at radius 3 is 2.88 bits per heavy atom. The molecule has 1 amide bonds. The van der Waals surface area contributed by atoms with Gasteiger partial charge in [-0.2, -0.15) is 5.10 Å². The number of nitrogens with one attached hydrogen (secondary N) is 1. The predicted molar refractivity (Wildman–Crippen MR) is 69.1 cm³/mol. The number of rotatable bonds is 3. The Balaban J connectivity index is 2.28. The van der Waals surface area contributed by atoms with Crippen molar-refractivity contribution < 1.29 is 4.79 Å². The second-order valence-corrected chi connectivity index (χ2v) is 5.09. The normalized spacial score (nSPS) is 10.8. The Hall–Kier alpha value is -1.62. The molecule has 0 aliphatic heterocycles. The van der Waals surface area contributed by atoms with Gasteiger partial charge in [0.05, 0.1) is 4.88 Å². The standard InChI is InChI=1S/C12H15N3OS/c1-8(2)13-12(16)10-7-9(14-15(10)3)11-5-4-6-17-11/h4-8H,1-3H3,(H,13,16). The van der Waals surface area contributed by atoms with Gasteiger partial charge in [-0.25, -0.2) is 0 Å². The van der Waals surface area contributed by atoms with Crippen molar-refractivity contribution in [3.05, 3.63) is 29.3 Å². The topological polar surface area (TPSA) is 46.9 Å². The van der Waals surface area contributed by atoms with Crippen molar-refractivity contribution in [2.45, 2.75) is 19.9 Å². The zero-order valence-corrected chi connectivity index (χ0v) is 10.9. The lowest BCUT2D eigenvalue weighted by atomic mass is 10.3. The molecule has 0 aliphatic carbocycles. The maximum atomic E-state index is 11.9. The number of amides is 1. The number of carbonyl (C=O) groups is 1. The highest BCUT2D eigenvalue weighted by atomic mass is 32.1. The maximum Gasteiger partial charge on any atom is 0.269 e. The number of thiophene rings is 1. The Kier molecular flexibility index (Phi) is 3.28. The summed E-state index contributed by atoms with van der Waals surface area (Å²) in [6.07, 6.45) is 0. The van der Waals surface area contributed by atoms with Crippen molar-refractivity contribution in [2.24, 2.45) is 7.05 Å². The van der Waals surface area contributed by atoms with E-state index in [0.717, 1.165) is 10.6 Å². The van der Waals surface area contributed by atoms with E-state index in [-0.39, 0.29) is 11.9 Å². The highest BCUT2D eigenvalue weighted by molar-refractivity contribution is 7.13. The van der Waals surface area contributed by atoms with E-state index < -0.39 is 0 Å². The van der Waals surface area contributed by atoms with Crippen molar-refractivity contribution in [3.63, 3.8) is 0 Å². The molecule has 0 aliphatic rings. The van der Waals surface area contributed by atoms with Crippen LogP contribution in [0.25, 0.3) is 10.6 Å². The van der Waals surface area contributed by atoms with Crippen LogP contribution in [0.2, 0.25) is 0 Å². The molecule has 2 rings (SSSR count). The average Bonchev–Trinajstić information content (AvgIpc) is 2.84. The molecule has 2 aromatic rings. The maximum absolute atomic E-state index is 11.9. The first-order chi connectivity index (χ1) is 8.08. The van der Waals surface area contributed by atoms with Crippen molar-refractivity contribution in [1.82, 2.24) is 15.1 Å². The third kappa shape index (κ3) is 2.55. The summed E-state index contributed by atoms with van der Waals surface area (Å²) >= 11 is 1.62. The minimum Gasteiger partial charge on any atom is -0.349 e.